The number of rotatable bonds is 5. The first-order chi connectivity index (χ1) is 16.0. The lowest BCUT2D eigenvalue weighted by molar-refractivity contribution is 0.102. The van der Waals surface area contributed by atoms with Crippen LogP contribution in [0.4, 0.5) is 11.7 Å². The van der Waals surface area contributed by atoms with Gasteiger partial charge in [-0.25, -0.2) is 4.98 Å². The number of nitrogens with zero attached hydrogens (tertiary/aromatic N) is 4. The zero-order valence-corrected chi connectivity index (χ0v) is 19.9. The van der Waals surface area contributed by atoms with E-state index in [-0.39, 0.29) is 5.91 Å². The largest absolute Gasteiger partial charge is 0.423 e. The number of likely N-dealkylation sites (tertiary alicyclic amines) is 1. The molecule has 170 valence electrons. The number of aromatic nitrogens is 2. The summed E-state index contributed by atoms with van der Waals surface area (Å²) >= 11 is 1.61. The third kappa shape index (κ3) is 4.62. The molecule has 2 aromatic carbocycles. The van der Waals surface area contributed by atoms with Crippen molar-refractivity contribution in [2.24, 2.45) is 0 Å². The molecule has 1 N–H and O–H groups in total. The minimum atomic E-state index is -0.164. The molecule has 7 nitrogen and oxygen atoms in total. The minimum absolute atomic E-state index is 0.164. The summed E-state index contributed by atoms with van der Waals surface area (Å²) in [6.45, 7) is 4.14. The number of aryl methyl sites for hydroxylation is 1. The molecule has 5 rings (SSSR count). The molecule has 1 amide bonds. The standard InChI is InChI=1S/C25H27N5O2S/c1-16-26-22(15-33-16)17-4-6-18(7-5-17)24(31)27-19-8-9-23-21(14-19)28-25(32-23)30(3)20-10-12-29(2)13-11-20/h4-9,14-15,20H,10-13H2,1-3H3,(H,27,31). The van der Waals surface area contributed by atoms with Gasteiger partial charge in [-0.3, -0.25) is 4.79 Å². The second kappa shape index (κ2) is 8.96. The first-order valence-corrected chi connectivity index (χ1v) is 12.0. The molecule has 1 aliphatic rings. The molecule has 0 aliphatic carbocycles. The van der Waals surface area contributed by atoms with Crippen LogP contribution in [0.3, 0.4) is 0 Å². The van der Waals surface area contributed by atoms with E-state index >= 15 is 0 Å². The van der Waals surface area contributed by atoms with Gasteiger partial charge in [-0.05, 0) is 70.2 Å². The van der Waals surface area contributed by atoms with E-state index in [9.17, 15) is 4.79 Å². The number of fused-ring (bicyclic) bond motifs is 1. The van der Waals surface area contributed by atoms with Gasteiger partial charge in [0.1, 0.15) is 5.52 Å². The van der Waals surface area contributed by atoms with Crippen molar-refractivity contribution in [1.82, 2.24) is 14.9 Å². The van der Waals surface area contributed by atoms with E-state index in [1.165, 1.54) is 0 Å². The number of amides is 1. The molecule has 0 radical (unpaired) electrons. The molecule has 0 bridgehead atoms. The van der Waals surface area contributed by atoms with Crippen molar-refractivity contribution in [2.45, 2.75) is 25.8 Å². The Morgan fingerprint density at radius 3 is 2.61 bits per heavy atom. The van der Waals surface area contributed by atoms with E-state index in [1.807, 2.05) is 61.8 Å². The Labute approximate surface area is 197 Å². The fourth-order valence-corrected chi connectivity index (χ4v) is 4.80. The zero-order valence-electron chi connectivity index (χ0n) is 19.0. The smallest absolute Gasteiger partial charge is 0.298 e. The van der Waals surface area contributed by atoms with Crippen LogP contribution in [-0.2, 0) is 0 Å². The molecule has 1 fully saturated rings. The molecule has 1 aliphatic heterocycles. The number of hydrogen-bond acceptors (Lipinski definition) is 7. The second-order valence-corrected chi connectivity index (χ2v) is 9.67. The summed E-state index contributed by atoms with van der Waals surface area (Å²) in [6, 6.07) is 14.1. The maximum Gasteiger partial charge on any atom is 0.298 e. The van der Waals surface area contributed by atoms with Gasteiger partial charge in [-0.15, -0.1) is 11.3 Å². The van der Waals surface area contributed by atoms with E-state index in [4.69, 9.17) is 4.42 Å². The number of benzene rings is 2. The number of hydrogen-bond donors (Lipinski definition) is 1. The number of carbonyl (C=O) groups excluding carboxylic acids is 1. The van der Waals surface area contributed by atoms with Crippen LogP contribution in [0.1, 0.15) is 28.2 Å². The van der Waals surface area contributed by atoms with Crippen LogP contribution in [-0.4, -0.2) is 54.0 Å². The highest BCUT2D eigenvalue weighted by molar-refractivity contribution is 7.09. The number of piperidine rings is 1. The van der Waals surface area contributed by atoms with Crippen LogP contribution in [0, 0.1) is 6.92 Å². The average Bonchev–Trinajstić information content (AvgIpc) is 3.45. The Bertz CT molecular complexity index is 1270. The molecular formula is C25H27N5O2S. The van der Waals surface area contributed by atoms with Gasteiger partial charge in [0.15, 0.2) is 5.58 Å². The molecular weight excluding hydrogens is 434 g/mol. The number of carbonyl (C=O) groups is 1. The van der Waals surface area contributed by atoms with Crippen LogP contribution < -0.4 is 10.2 Å². The van der Waals surface area contributed by atoms with Crippen molar-refractivity contribution in [3.63, 3.8) is 0 Å². The molecule has 2 aromatic heterocycles. The lowest BCUT2D eigenvalue weighted by Gasteiger charge is -2.34. The monoisotopic (exact) mass is 461 g/mol. The molecule has 3 heterocycles. The van der Waals surface area contributed by atoms with Crippen molar-refractivity contribution in [2.75, 3.05) is 37.4 Å². The highest BCUT2D eigenvalue weighted by Crippen LogP contribution is 2.28. The highest BCUT2D eigenvalue weighted by Gasteiger charge is 2.24. The van der Waals surface area contributed by atoms with Crippen LogP contribution in [0.2, 0.25) is 0 Å². The SMILES string of the molecule is Cc1nc(-c2ccc(C(=O)Nc3ccc4oc(N(C)C5CCN(C)CC5)nc4c3)cc2)cs1. The summed E-state index contributed by atoms with van der Waals surface area (Å²) in [5.41, 5.74) is 4.66. The van der Waals surface area contributed by atoms with Crippen LogP contribution in [0.5, 0.6) is 0 Å². The van der Waals surface area contributed by atoms with Crippen molar-refractivity contribution in [3.8, 4) is 11.3 Å². The van der Waals surface area contributed by atoms with E-state index < -0.39 is 0 Å². The Balaban J connectivity index is 1.28. The van der Waals surface area contributed by atoms with E-state index in [0.29, 0.717) is 28.9 Å². The number of nitrogens with one attached hydrogen (secondary N) is 1. The average molecular weight is 462 g/mol. The molecule has 0 saturated carbocycles. The van der Waals surface area contributed by atoms with E-state index in [1.54, 1.807) is 11.3 Å². The first-order valence-electron chi connectivity index (χ1n) is 11.1. The number of thiazole rings is 1. The fraction of sp³-hybridized carbons (Fsp3) is 0.320. The predicted molar refractivity (Wildman–Crippen MR) is 133 cm³/mol. The van der Waals surface area contributed by atoms with Gasteiger partial charge in [0.2, 0.25) is 0 Å². The molecule has 0 atom stereocenters. The lowest BCUT2D eigenvalue weighted by atomic mass is 10.0. The molecule has 33 heavy (non-hydrogen) atoms. The predicted octanol–water partition coefficient (Wildman–Crippen LogP) is 5.04. The van der Waals surface area contributed by atoms with Gasteiger partial charge in [0, 0.05) is 35.3 Å². The second-order valence-electron chi connectivity index (χ2n) is 8.61. The van der Waals surface area contributed by atoms with E-state index in [0.717, 1.165) is 47.7 Å². The molecule has 0 unspecified atom stereocenters. The van der Waals surface area contributed by atoms with Crippen molar-refractivity contribution < 1.29 is 9.21 Å². The highest BCUT2D eigenvalue weighted by atomic mass is 32.1. The van der Waals surface area contributed by atoms with Crippen LogP contribution in [0.25, 0.3) is 22.4 Å². The topological polar surface area (TPSA) is 74.5 Å². The van der Waals surface area contributed by atoms with Gasteiger partial charge < -0.3 is 19.5 Å². The Morgan fingerprint density at radius 1 is 1.15 bits per heavy atom. The fourth-order valence-electron chi connectivity index (χ4n) is 4.17. The summed E-state index contributed by atoms with van der Waals surface area (Å²) in [4.78, 5) is 26.4. The maximum absolute atomic E-state index is 12.8. The van der Waals surface area contributed by atoms with Crippen molar-refractivity contribution >= 4 is 40.0 Å². The molecule has 0 spiro atoms. The zero-order chi connectivity index (χ0) is 22.9. The van der Waals surface area contributed by atoms with Crippen LogP contribution >= 0.6 is 11.3 Å². The van der Waals surface area contributed by atoms with Crippen molar-refractivity contribution in [3.05, 3.63) is 58.4 Å². The first kappa shape index (κ1) is 21.6. The van der Waals surface area contributed by atoms with Crippen LogP contribution in [0.15, 0.2) is 52.3 Å². The third-order valence-electron chi connectivity index (χ3n) is 6.23. The van der Waals surface area contributed by atoms with Gasteiger partial charge in [-0.2, -0.15) is 4.98 Å². The van der Waals surface area contributed by atoms with Gasteiger partial charge in [0.25, 0.3) is 11.9 Å². The summed E-state index contributed by atoms with van der Waals surface area (Å²) < 4.78 is 5.99. The van der Waals surface area contributed by atoms with Gasteiger partial charge in [0.05, 0.1) is 10.7 Å². The number of oxazole rings is 1. The quantitative estimate of drug-likeness (QED) is 0.449. The normalized spacial score (nSPS) is 15.1. The summed E-state index contributed by atoms with van der Waals surface area (Å²) in [5.74, 6) is -0.164. The molecule has 1 saturated heterocycles. The molecule has 4 aromatic rings. The number of anilines is 2. The maximum atomic E-state index is 12.8. The summed E-state index contributed by atoms with van der Waals surface area (Å²) in [7, 11) is 4.20. The minimum Gasteiger partial charge on any atom is -0.423 e. The van der Waals surface area contributed by atoms with Crippen molar-refractivity contribution in [1.29, 1.82) is 0 Å². The Morgan fingerprint density at radius 2 is 1.91 bits per heavy atom. The summed E-state index contributed by atoms with van der Waals surface area (Å²) in [5, 5.41) is 6.01. The molecule has 8 heteroatoms. The lowest BCUT2D eigenvalue weighted by Crippen LogP contribution is -2.42. The van der Waals surface area contributed by atoms with E-state index in [2.05, 4.69) is 32.1 Å². The third-order valence-corrected chi connectivity index (χ3v) is 7.01. The Kier molecular flexibility index (Phi) is 5.86. The Hall–Kier alpha value is -3.23. The van der Waals surface area contributed by atoms with Gasteiger partial charge in [-0.1, -0.05) is 12.1 Å². The van der Waals surface area contributed by atoms with Gasteiger partial charge >= 0.3 is 0 Å². The summed E-state index contributed by atoms with van der Waals surface area (Å²) in [6.07, 6.45) is 2.18.